The molecule has 0 aromatic heterocycles. The zero-order valence-electron chi connectivity index (χ0n) is 18.5. The van der Waals surface area contributed by atoms with E-state index in [1.165, 1.54) is 7.11 Å². The van der Waals surface area contributed by atoms with Gasteiger partial charge in [-0.2, -0.15) is 0 Å². The number of nitrogens with one attached hydrogen (secondary N) is 2. The third kappa shape index (κ3) is 5.88. The van der Waals surface area contributed by atoms with Crippen molar-refractivity contribution in [2.45, 2.75) is 37.5 Å². The second-order valence-electron chi connectivity index (χ2n) is 7.89. The van der Waals surface area contributed by atoms with Gasteiger partial charge in [0.1, 0.15) is 12.6 Å². The zero-order valence-corrected chi connectivity index (χ0v) is 18.5. The second-order valence-corrected chi connectivity index (χ2v) is 7.89. The van der Waals surface area contributed by atoms with E-state index >= 15 is 0 Å². The number of ether oxygens (including phenoxy) is 2. The molecule has 4 N–H and O–H groups in total. The monoisotopic (exact) mass is 456 g/mol. The number of carboxylic acid groups (broad SMARTS) is 1. The maximum absolute atomic E-state index is 12.5. The smallest absolute Gasteiger partial charge is 0.407 e. The minimum Gasteiger partial charge on any atom is -0.481 e. The van der Waals surface area contributed by atoms with E-state index < -0.39 is 42.6 Å². The molecule has 0 bridgehead atoms. The van der Waals surface area contributed by atoms with Gasteiger partial charge in [-0.1, -0.05) is 48.5 Å². The fraction of sp³-hybridized carbons (Fsp3) is 0.375. The maximum atomic E-state index is 12.5. The molecule has 3 atom stereocenters. The number of hydrogen-bond donors (Lipinski definition) is 4. The van der Waals surface area contributed by atoms with Gasteiger partial charge in [-0.3, -0.25) is 9.59 Å². The minimum absolute atomic E-state index is 0.0902. The number of benzene rings is 2. The number of fused-ring (bicyclic) bond motifs is 3. The molecule has 2 aromatic carbocycles. The predicted octanol–water partition coefficient (Wildman–Crippen LogP) is 1.88. The third-order valence-corrected chi connectivity index (χ3v) is 5.66. The Morgan fingerprint density at radius 3 is 2.15 bits per heavy atom. The van der Waals surface area contributed by atoms with Crippen LogP contribution in [0.1, 0.15) is 30.4 Å². The van der Waals surface area contributed by atoms with Gasteiger partial charge in [0, 0.05) is 19.6 Å². The molecular formula is C24H28N2O7. The molecule has 0 saturated carbocycles. The van der Waals surface area contributed by atoms with Crippen molar-refractivity contribution in [1.82, 2.24) is 10.6 Å². The maximum Gasteiger partial charge on any atom is 0.407 e. The highest BCUT2D eigenvalue weighted by Gasteiger charge is 2.31. The molecule has 3 unspecified atom stereocenters. The average molecular weight is 456 g/mol. The van der Waals surface area contributed by atoms with E-state index in [9.17, 15) is 19.5 Å². The van der Waals surface area contributed by atoms with Crippen LogP contribution in [0, 0.1) is 0 Å². The fourth-order valence-corrected chi connectivity index (χ4v) is 3.90. The molecule has 176 valence electrons. The Kier molecular flexibility index (Phi) is 8.02. The van der Waals surface area contributed by atoms with Gasteiger partial charge in [0.25, 0.3) is 0 Å². The van der Waals surface area contributed by atoms with Crippen LogP contribution in [-0.4, -0.2) is 66.7 Å². The zero-order chi connectivity index (χ0) is 24.0. The van der Waals surface area contributed by atoms with Crippen molar-refractivity contribution in [2.24, 2.45) is 0 Å². The van der Waals surface area contributed by atoms with Crippen molar-refractivity contribution >= 4 is 18.0 Å². The van der Waals surface area contributed by atoms with E-state index in [1.54, 1.807) is 6.92 Å². The van der Waals surface area contributed by atoms with Gasteiger partial charge in [-0.05, 0) is 29.2 Å². The quantitative estimate of drug-likeness (QED) is 0.429. The lowest BCUT2D eigenvalue weighted by molar-refractivity contribution is -0.139. The van der Waals surface area contributed by atoms with E-state index in [4.69, 9.17) is 14.6 Å². The molecule has 0 saturated heterocycles. The van der Waals surface area contributed by atoms with Gasteiger partial charge < -0.3 is 30.3 Å². The normalized spacial score (nSPS) is 15.0. The molecule has 0 heterocycles. The summed E-state index contributed by atoms with van der Waals surface area (Å²) in [6, 6.07) is 14.8. The largest absolute Gasteiger partial charge is 0.481 e. The van der Waals surface area contributed by atoms with E-state index in [2.05, 4.69) is 10.6 Å². The van der Waals surface area contributed by atoms with Crippen molar-refractivity contribution in [3.05, 3.63) is 59.7 Å². The summed E-state index contributed by atoms with van der Waals surface area (Å²) in [7, 11) is 1.39. The van der Waals surface area contributed by atoms with Crippen LogP contribution < -0.4 is 10.6 Å². The van der Waals surface area contributed by atoms with Crippen LogP contribution in [0.2, 0.25) is 0 Å². The lowest BCUT2D eigenvalue weighted by Crippen LogP contribution is -2.54. The number of alkyl carbamates (subject to hydrolysis) is 1. The Morgan fingerprint density at radius 1 is 1.03 bits per heavy atom. The number of hydrogen-bond acceptors (Lipinski definition) is 6. The van der Waals surface area contributed by atoms with E-state index in [0.717, 1.165) is 22.3 Å². The number of aliphatic carboxylic acids is 1. The number of methoxy groups -OCH3 is 1. The first-order valence-electron chi connectivity index (χ1n) is 10.6. The molecule has 1 aliphatic rings. The van der Waals surface area contributed by atoms with Crippen molar-refractivity contribution in [3.63, 3.8) is 0 Å². The summed E-state index contributed by atoms with van der Waals surface area (Å²) >= 11 is 0. The Hall–Kier alpha value is -3.43. The number of carbonyl (C=O) groups excluding carboxylic acids is 2. The minimum atomic E-state index is -1.25. The second kappa shape index (κ2) is 10.9. The molecule has 0 aliphatic heterocycles. The summed E-state index contributed by atoms with van der Waals surface area (Å²) < 4.78 is 10.7. The molecule has 2 amide bonds. The summed E-state index contributed by atoms with van der Waals surface area (Å²) in [5.41, 5.74) is 4.34. The van der Waals surface area contributed by atoms with Crippen molar-refractivity contribution in [3.8, 4) is 11.1 Å². The van der Waals surface area contributed by atoms with E-state index in [1.807, 2.05) is 48.5 Å². The van der Waals surface area contributed by atoms with Gasteiger partial charge in [-0.25, -0.2) is 4.79 Å². The number of aliphatic hydroxyl groups excluding tert-OH is 1. The van der Waals surface area contributed by atoms with Crippen LogP contribution in [-0.2, 0) is 19.1 Å². The van der Waals surface area contributed by atoms with Gasteiger partial charge in [0.2, 0.25) is 5.91 Å². The van der Waals surface area contributed by atoms with Crippen LogP contribution >= 0.6 is 0 Å². The summed E-state index contributed by atoms with van der Waals surface area (Å²) in [5.74, 6) is -1.93. The fourth-order valence-electron chi connectivity index (χ4n) is 3.90. The molecule has 3 rings (SSSR count). The van der Waals surface area contributed by atoms with Crippen LogP contribution in [0.5, 0.6) is 0 Å². The van der Waals surface area contributed by atoms with Gasteiger partial charge in [0.15, 0.2) is 0 Å². The molecule has 1 aliphatic carbocycles. The SMILES string of the molecule is COC(C)C(NC(=O)OCC1c2ccccc2-c2ccccc21)C(=O)NCC(O)CC(=O)O. The highest BCUT2D eigenvalue weighted by Crippen LogP contribution is 2.44. The van der Waals surface area contributed by atoms with E-state index in [0.29, 0.717) is 0 Å². The summed E-state index contributed by atoms with van der Waals surface area (Å²) in [5, 5.41) is 23.3. The van der Waals surface area contributed by atoms with Crippen LogP contribution in [0.4, 0.5) is 4.79 Å². The first-order chi connectivity index (χ1) is 15.8. The van der Waals surface area contributed by atoms with Gasteiger partial charge in [0.05, 0.1) is 18.6 Å². The lowest BCUT2D eigenvalue weighted by atomic mass is 9.98. The number of aliphatic hydroxyl groups is 1. The molecule has 0 radical (unpaired) electrons. The van der Waals surface area contributed by atoms with Crippen molar-refractivity contribution in [1.29, 1.82) is 0 Å². The number of carboxylic acids is 1. The van der Waals surface area contributed by atoms with Crippen LogP contribution in [0.15, 0.2) is 48.5 Å². The van der Waals surface area contributed by atoms with Gasteiger partial charge in [-0.15, -0.1) is 0 Å². The molecule has 2 aromatic rings. The molecule has 0 fully saturated rings. The number of carbonyl (C=O) groups is 3. The topological polar surface area (TPSA) is 134 Å². The molecule has 33 heavy (non-hydrogen) atoms. The molecule has 9 nitrogen and oxygen atoms in total. The summed E-state index contributed by atoms with van der Waals surface area (Å²) in [4.78, 5) is 35.7. The van der Waals surface area contributed by atoms with Crippen molar-refractivity contribution < 1.29 is 34.1 Å². The predicted molar refractivity (Wildman–Crippen MR) is 120 cm³/mol. The average Bonchev–Trinajstić information content (AvgIpc) is 3.12. The Morgan fingerprint density at radius 2 is 1.61 bits per heavy atom. The van der Waals surface area contributed by atoms with E-state index in [-0.39, 0.29) is 19.1 Å². The van der Waals surface area contributed by atoms with Crippen LogP contribution in [0.3, 0.4) is 0 Å². The van der Waals surface area contributed by atoms with Crippen LogP contribution in [0.25, 0.3) is 11.1 Å². The molecular weight excluding hydrogens is 428 g/mol. The Labute approximate surface area is 191 Å². The Bertz CT molecular complexity index is 964. The highest BCUT2D eigenvalue weighted by molar-refractivity contribution is 5.86. The molecule has 0 spiro atoms. The highest BCUT2D eigenvalue weighted by atomic mass is 16.5. The standard InChI is InChI=1S/C24H28N2O7/c1-14(32-2)22(23(30)25-12-15(27)11-21(28)29)26-24(31)33-13-20-18-9-5-3-7-16(18)17-8-4-6-10-19(17)20/h3-10,14-15,20,22,27H,11-13H2,1-2H3,(H,25,30)(H,26,31)(H,28,29). The number of rotatable bonds is 10. The summed E-state index contributed by atoms with van der Waals surface area (Å²) in [6.45, 7) is 1.42. The first-order valence-corrected chi connectivity index (χ1v) is 10.6. The molecule has 9 heteroatoms. The van der Waals surface area contributed by atoms with Gasteiger partial charge >= 0.3 is 12.1 Å². The Balaban J connectivity index is 1.62. The first kappa shape index (κ1) is 24.2. The third-order valence-electron chi connectivity index (χ3n) is 5.66. The number of amides is 2. The lowest BCUT2D eigenvalue weighted by Gasteiger charge is -2.24. The summed E-state index contributed by atoms with van der Waals surface area (Å²) in [6.07, 6.45) is -3.24. The van der Waals surface area contributed by atoms with Crippen molar-refractivity contribution in [2.75, 3.05) is 20.3 Å².